The van der Waals surface area contributed by atoms with Crippen LogP contribution in [0.2, 0.25) is 0 Å². The van der Waals surface area contributed by atoms with Crippen LogP contribution in [0.15, 0.2) is 52.3 Å². The van der Waals surface area contributed by atoms with Gasteiger partial charge in [-0.1, -0.05) is 22.0 Å². The maximum Gasteiger partial charge on any atom is 0.230 e. The van der Waals surface area contributed by atoms with Gasteiger partial charge in [0.1, 0.15) is 6.54 Å². The lowest BCUT2D eigenvalue weighted by molar-refractivity contribution is -0.115. The van der Waals surface area contributed by atoms with E-state index in [1.54, 1.807) is 11.8 Å². The zero-order valence-electron chi connectivity index (χ0n) is 16.7. The molecule has 0 radical (unpaired) electrons. The summed E-state index contributed by atoms with van der Waals surface area (Å²) in [6, 6.07) is 13.7. The van der Waals surface area contributed by atoms with E-state index in [1.807, 2.05) is 61.7 Å². The lowest BCUT2D eigenvalue weighted by atomic mass is 10.1. The fraction of sp³-hybridized carbons (Fsp3) is 0.190. The lowest BCUT2D eigenvalue weighted by Crippen LogP contribution is -2.22. The van der Waals surface area contributed by atoms with E-state index in [-0.39, 0.29) is 5.91 Å². The Morgan fingerprint density at radius 1 is 1.13 bits per heavy atom. The molecule has 1 amide bonds. The molecule has 152 valence electrons. The van der Waals surface area contributed by atoms with E-state index in [0.29, 0.717) is 17.5 Å². The van der Waals surface area contributed by atoms with E-state index in [0.717, 1.165) is 27.0 Å². The van der Waals surface area contributed by atoms with Gasteiger partial charge in [0.2, 0.25) is 11.7 Å². The van der Waals surface area contributed by atoms with Crippen molar-refractivity contribution >= 4 is 44.0 Å². The number of halogens is 1. The number of hydrogen-bond donors (Lipinski definition) is 0. The summed E-state index contributed by atoms with van der Waals surface area (Å²) in [5, 5.41) is 15.2. The number of thiazole rings is 1. The van der Waals surface area contributed by atoms with Gasteiger partial charge < -0.3 is 0 Å². The molecule has 0 aliphatic carbocycles. The minimum atomic E-state index is -0.0874. The highest BCUT2D eigenvalue weighted by molar-refractivity contribution is 9.10. The summed E-state index contributed by atoms with van der Waals surface area (Å²) in [4.78, 5) is 20.1. The molecule has 0 saturated heterocycles. The Hall–Kier alpha value is -2.91. The van der Waals surface area contributed by atoms with Crippen LogP contribution in [0, 0.1) is 13.8 Å². The van der Waals surface area contributed by atoms with Crippen LogP contribution in [0.5, 0.6) is 0 Å². The molecule has 0 fully saturated rings. The number of carbonyl (C=O) groups excluding carboxylic acids is 1. The van der Waals surface area contributed by atoms with E-state index in [2.05, 4.69) is 36.3 Å². The zero-order valence-corrected chi connectivity index (χ0v) is 19.1. The molecule has 0 atom stereocenters. The maximum atomic E-state index is 12.3. The number of aromatic nitrogens is 5. The van der Waals surface area contributed by atoms with Gasteiger partial charge in [-0.25, -0.2) is 4.98 Å². The first-order valence-corrected chi connectivity index (χ1v) is 10.9. The predicted molar refractivity (Wildman–Crippen MR) is 121 cm³/mol. The number of rotatable bonds is 5. The van der Waals surface area contributed by atoms with Crippen molar-refractivity contribution < 1.29 is 4.79 Å². The molecular formula is C21H19BrN6OS. The predicted octanol–water partition coefficient (Wildman–Crippen LogP) is 4.91. The number of anilines is 2. The quantitative estimate of drug-likeness (QED) is 0.403. The van der Waals surface area contributed by atoms with Gasteiger partial charge in [-0.3, -0.25) is 9.69 Å². The Kier molecular flexibility index (Phi) is 5.74. The normalized spacial score (nSPS) is 10.9. The number of hydrogen-bond acceptors (Lipinski definition) is 6. The van der Waals surface area contributed by atoms with Gasteiger partial charge in [-0.05, 0) is 66.6 Å². The Labute approximate surface area is 186 Å². The average Bonchev–Trinajstić information content (AvgIpc) is 3.35. The lowest BCUT2D eigenvalue weighted by Gasteiger charge is -2.19. The third kappa shape index (κ3) is 4.31. The number of carbonyl (C=O) groups is 1. The van der Waals surface area contributed by atoms with Gasteiger partial charge in [-0.2, -0.15) is 4.80 Å². The van der Waals surface area contributed by atoms with Crippen molar-refractivity contribution in [3.05, 3.63) is 69.1 Å². The molecule has 0 N–H and O–H groups in total. The van der Waals surface area contributed by atoms with Gasteiger partial charge in [-0.15, -0.1) is 21.5 Å². The van der Waals surface area contributed by atoms with Crippen molar-refractivity contribution in [3.63, 3.8) is 0 Å². The summed E-state index contributed by atoms with van der Waals surface area (Å²) in [5.41, 5.74) is 4.78. The van der Waals surface area contributed by atoms with Gasteiger partial charge in [0.25, 0.3) is 0 Å². The number of amides is 1. The van der Waals surface area contributed by atoms with Crippen LogP contribution in [0.3, 0.4) is 0 Å². The molecule has 0 aliphatic heterocycles. The topological polar surface area (TPSA) is 76.8 Å². The zero-order chi connectivity index (χ0) is 21.3. The van der Waals surface area contributed by atoms with Gasteiger partial charge in [0, 0.05) is 22.3 Å². The number of tetrazole rings is 1. The third-order valence-corrected chi connectivity index (χ3v) is 6.06. The summed E-state index contributed by atoms with van der Waals surface area (Å²) >= 11 is 4.83. The van der Waals surface area contributed by atoms with E-state index in [1.165, 1.54) is 21.7 Å². The number of nitrogens with zero attached hydrogens (tertiary/aromatic N) is 6. The fourth-order valence-corrected chi connectivity index (χ4v) is 4.08. The summed E-state index contributed by atoms with van der Waals surface area (Å²) in [6.45, 7) is 5.99. The highest BCUT2D eigenvalue weighted by atomic mass is 79.9. The van der Waals surface area contributed by atoms with Crippen LogP contribution in [-0.4, -0.2) is 31.1 Å². The highest BCUT2D eigenvalue weighted by Crippen LogP contribution is 2.30. The molecule has 2 heterocycles. The standard InChI is InChI=1S/C21H19BrN6OS/c1-13-4-9-19(10-14(13)2)28(15(3)29)21-23-18(12-30-21)11-27-25-20(24-26-27)16-5-7-17(22)8-6-16/h4-10,12H,11H2,1-3H3. The van der Waals surface area contributed by atoms with Gasteiger partial charge >= 0.3 is 0 Å². The average molecular weight is 483 g/mol. The molecule has 2 aromatic carbocycles. The van der Waals surface area contributed by atoms with Crippen LogP contribution in [0.4, 0.5) is 10.8 Å². The van der Waals surface area contributed by atoms with E-state index >= 15 is 0 Å². The van der Waals surface area contributed by atoms with Crippen LogP contribution in [0.25, 0.3) is 11.4 Å². The monoisotopic (exact) mass is 482 g/mol. The molecule has 4 rings (SSSR count). The summed E-state index contributed by atoms with van der Waals surface area (Å²) in [6.07, 6.45) is 0. The van der Waals surface area contributed by atoms with Crippen LogP contribution < -0.4 is 4.90 Å². The number of benzene rings is 2. The minimum absolute atomic E-state index is 0.0874. The first kappa shape index (κ1) is 20.4. The fourth-order valence-electron chi connectivity index (χ4n) is 2.93. The maximum absolute atomic E-state index is 12.3. The van der Waals surface area contributed by atoms with Gasteiger partial charge in [0.15, 0.2) is 5.13 Å². The summed E-state index contributed by atoms with van der Waals surface area (Å²) in [5.74, 6) is 0.467. The molecule has 9 heteroatoms. The first-order chi connectivity index (χ1) is 14.4. The largest absolute Gasteiger partial charge is 0.274 e. The molecule has 0 saturated carbocycles. The molecule has 4 aromatic rings. The van der Waals surface area contributed by atoms with Crippen molar-refractivity contribution in [2.24, 2.45) is 0 Å². The molecule has 0 spiro atoms. The Bertz CT molecular complexity index is 1200. The van der Waals surface area contributed by atoms with Crippen LogP contribution >= 0.6 is 27.3 Å². The van der Waals surface area contributed by atoms with Crippen molar-refractivity contribution in [1.29, 1.82) is 0 Å². The molecule has 2 aromatic heterocycles. The Morgan fingerprint density at radius 3 is 2.60 bits per heavy atom. The Morgan fingerprint density at radius 2 is 1.90 bits per heavy atom. The van der Waals surface area contributed by atoms with E-state index < -0.39 is 0 Å². The molecular weight excluding hydrogens is 464 g/mol. The van der Waals surface area contributed by atoms with Crippen molar-refractivity contribution in [3.8, 4) is 11.4 Å². The second-order valence-electron chi connectivity index (χ2n) is 6.89. The number of aryl methyl sites for hydroxylation is 2. The smallest absolute Gasteiger partial charge is 0.230 e. The van der Waals surface area contributed by atoms with Crippen LogP contribution in [-0.2, 0) is 11.3 Å². The molecule has 7 nitrogen and oxygen atoms in total. The molecule has 0 bridgehead atoms. The molecule has 0 aliphatic rings. The molecule has 30 heavy (non-hydrogen) atoms. The van der Waals surface area contributed by atoms with Crippen molar-refractivity contribution in [2.45, 2.75) is 27.3 Å². The second-order valence-corrected chi connectivity index (χ2v) is 8.65. The van der Waals surface area contributed by atoms with Crippen molar-refractivity contribution in [1.82, 2.24) is 25.2 Å². The van der Waals surface area contributed by atoms with Gasteiger partial charge in [0.05, 0.1) is 11.4 Å². The van der Waals surface area contributed by atoms with E-state index in [4.69, 9.17) is 0 Å². The Balaban J connectivity index is 1.55. The summed E-state index contributed by atoms with van der Waals surface area (Å²) in [7, 11) is 0. The summed E-state index contributed by atoms with van der Waals surface area (Å²) < 4.78 is 0.993. The SMILES string of the molecule is CC(=O)N(c1ccc(C)c(C)c1)c1nc(Cn2nnc(-c3ccc(Br)cc3)n2)cs1. The third-order valence-electron chi connectivity index (χ3n) is 4.65. The molecule has 0 unspecified atom stereocenters. The first-order valence-electron chi connectivity index (χ1n) is 9.27. The van der Waals surface area contributed by atoms with Crippen molar-refractivity contribution in [2.75, 3.05) is 4.90 Å². The minimum Gasteiger partial charge on any atom is -0.274 e. The highest BCUT2D eigenvalue weighted by Gasteiger charge is 2.19. The van der Waals surface area contributed by atoms with E-state index in [9.17, 15) is 4.79 Å². The van der Waals surface area contributed by atoms with Crippen LogP contribution in [0.1, 0.15) is 23.7 Å². The second kappa shape index (κ2) is 8.45.